The van der Waals surface area contributed by atoms with E-state index < -0.39 is 11.7 Å². The third-order valence-corrected chi connectivity index (χ3v) is 3.08. The normalized spacial score (nSPS) is 25.0. The maximum absolute atomic E-state index is 11.9. The summed E-state index contributed by atoms with van der Waals surface area (Å²) < 4.78 is 5.29. The van der Waals surface area contributed by atoms with Gasteiger partial charge in [-0.1, -0.05) is 0 Å². The highest BCUT2D eigenvalue weighted by atomic mass is 32.1. The van der Waals surface area contributed by atoms with Gasteiger partial charge in [0.2, 0.25) is 0 Å². The first kappa shape index (κ1) is 12.5. The first-order valence-electron chi connectivity index (χ1n) is 5.83. The Morgan fingerprint density at radius 3 is 2.53 bits per heavy atom. The number of nitrogens with zero attached hydrogens (tertiary/aromatic N) is 3. The van der Waals surface area contributed by atoms with Gasteiger partial charge in [-0.25, -0.2) is 4.79 Å². The summed E-state index contributed by atoms with van der Waals surface area (Å²) in [6, 6.07) is 0.480. The van der Waals surface area contributed by atoms with Crippen molar-refractivity contribution in [1.29, 1.82) is 0 Å². The summed E-state index contributed by atoms with van der Waals surface area (Å²) in [5.41, 5.74) is -0.849. The summed E-state index contributed by atoms with van der Waals surface area (Å²) in [6.07, 6.45) is 1.85. The summed E-state index contributed by atoms with van der Waals surface area (Å²) >= 11 is 4.45. The molecular weight excluding hydrogens is 238 g/mol. The molecule has 1 atom stereocenters. The van der Waals surface area contributed by atoms with Gasteiger partial charge in [0, 0.05) is 6.04 Å². The minimum absolute atomic E-state index is 0.336. The van der Waals surface area contributed by atoms with Crippen LogP contribution in [-0.4, -0.2) is 39.0 Å². The lowest BCUT2D eigenvalue weighted by Crippen LogP contribution is -2.43. The third-order valence-electron chi connectivity index (χ3n) is 2.61. The second-order valence-electron chi connectivity index (χ2n) is 5.46. The van der Waals surface area contributed by atoms with Gasteiger partial charge in [-0.3, -0.25) is 0 Å². The van der Waals surface area contributed by atoms with Crippen LogP contribution < -0.4 is 0 Å². The molecule has 0 N–H and O–H groups in total. The van der Waals surface area contributed by atoms with E-state index in [-0.39, 0.29) is 5.50 Å². The minimum atomic E-state index is -0.513. The Morgan fingerprint density at radius 1 is 1.47 bits per heavy atom. The maximum atomic E-state index is 11.9. The predicted molar refractivity (Wildman–Crippen MR) is 68.8 cm³/mol. The molecule has 2 rings (SSSR count). The highest BCUT2D eigenvalue weighted by molar-refractivity contribution is 7.80. The standard InChI is InChI=1S/C11H19N3O2S/c1-7-12-14(10(15)16-11(2,3)4)9(17)13(7)8-5-6-8/h8-9,17H,5-6H2,1-4H3. The highest BCUT2D eigenvalue weighted by Crippen LogP contribution is 2.34. The number of carbonyl (C=O) groups is 1. The molecule has 1 amide bonds. The van der Waals surface area contributed by atoms with Gasteiger partial charge in [0.25, 0.3) is 0 Å². The molecule has 0 spiro atoms. The molecule has 0 aromatic rings. The van der Waals surface area contributed by atoms with Gasteiger partial charge in [0.1, 0.15) is 11.4 Å². The van der Waals surface area contributed by atoms with E-state index in [9.17, 15) is 4.79 Å². The van der Waals surface area contributed by atoms with Gasteiger partial charge in [-0.15, -0.1) is 12.6 Å². The third kappa shape index (κ3) is 2.68. The van der Waals surface area contributed by atoms with Crippen molar-refractivity contribution in [2.45, 2.75) is 57.7 Å². The van der Waals surface area contributed by atoms with E-state index in [1.54, 1.807) is 0 Å². The van der Waals surface area contributed by atoms with Crippen LogP contribution in [0.3, 0.4) is 0 Å². The average Bonchev–Trinajstić information content (AvgIpc) is 2.91. The molecule has 0 aromatic heterocycles. The van der Waals surface area contributed by atoms with Crippen molar-refractivity contribution in [2.75, 3.05) is 0 Å². The van der Waals surface area contributed by atoms with E-state index in [1.807, 2.05) is 27.7 Å². The summed E-state index contributed by atoms with van der Waals surface area (Å²) in [7, 11) is 0. The summed E-state index contributed by atoms with van der Waals surface area (Å²) in [4.78, 5) is 14.0. The van der Waals surface area contributed by atoms with Crippen LogP contribution in [0.4, 0.5) is 4.79 Å². The number of hydrogen-bond donors (Lipinski definition) is 1. The second-order valence-corrected chi connectivity index (χ2v) is 5.92. The zero-order valence-corrected chi connectivity index (χ0v) is 11.6. The Bertz CT molecular complexity index is 360. The maximum Gasteiger partial charge on any atom is 0.433 e. The molecule has 2 aliphatic rings. The van der Waals surface area contributed by atoms with Crippen LogP contribution in [0.5, 0.6) is 0 Å². The molecule has 1 unspecified atom stereocenters. The fraction of sp³-hybridized carbons (Fsp3) is 0.818. The topological polar surface area (TPSA) is 45.1 Å². The van der Waals surface area contributed by atoms with Gasteiger partial charge in [0.15, 0.2) is 5.50 Å². The molecule has 0 aromatic carbocycles. The average molecular weight is 257 g/mol. The molecule has 1 aliphatic heterocycles. The van der Waals surface area contributed by atoms with Crippen LogP contribution in [-0.2, 0) is 4.74 Å². The Kier molecular flexibility index (Phi) is 3.01. The molecule has 0 radical (unpaired) electrons. The molecule has 5 nitrogen and oxygen atoms in total. The van der Waals surface area contributed by atoms with Crippen molar-refractivity contribution in [3.63, 3.8) is 0 Å². The van der Waals surface area contributed by atoms with Gasteiger partial charge in [-0.2, -0.15) is 10.1 Å². The van der Waals surface area contributed by atoms with E-state index in [1.165, 1.54) is 5.01 Å². The van der Waals surface area contributed by atoms with Crippen LogP contribution >= 0.6 is 12.6 Å². The monoisotopic (exact) mass is 257 g/mol. The summed E-state index contributed by atoms with van der Waals surface area (Å²) in [5.74, 6) is 0.832. The van der Waals surface area contributed by atoms with Crippen LogP contribution in [0, 0.1) is 0 Å². The zero-order valence-electron chi connectivity index (χ0n) is 10.7. The molecule has 1 heterocycles. The van der Waals surface area contributed by atoms with Crippen molar-refractivity contribution in [1.82, 2.24) is 9.91 Å². The molecule has 1 aliphatic carbocycles. The molecular formula is C11H19N3O2S. The van der Waals surface area contributed by atoms with Crippen LogP contribution in [0.25, 0.3) is 0 Å². The van der Waals surface area contributed by atoms with Crippen molar-refractivity contribution in [2.24, 2.45) is 5.10 Å². The number of hydrazone groups is 1. The SMILES string of the molecule is CC1=NN(C(=O)OC(C)(C)C)C(S)N1C1CC1. The van der Waals surface area contributed by atoms with Crippen molar-refractivity contribution in [3.8, 4) is 0 Å². The Morgan fingerprint density at radius 2 is 2.06 bits per heavy atom. The first-order chi connectivity index (χ1) is 7.79. The number of rotatable bonds is 1. The highest BCUT2D eigenvalue weighted by Gasteiger charge is 2.43. The van der Waals surface area contributed by atoms with Crippen molar-refractivity contribution < 1.29 is 9.53 Å². The Hall–Kier alpha value is -0.910. The summed E-state index contributed by atoms with van der Waals surface area (Å²) in [6.45, 7) is 7.41. The van der Waals surface area contributed by atoms with Gasteiger partial charge in [0.05, 0.1) is 0 Å². The number of thiol groups is 1. The lowest BCUT2D eigenvalue weighted by atomic mass is 10.2. The molecule has 1 fully saturated rings. The van der Waals surface area contributed by atoms with Crippen molar-refractivity contribution >= 4 is 24.6 Å². The molecule has 17 heavy (non-hydrogen) atoms. The van der Waals surface area contributed by atoms with Crippen LogP contribution in [0.1, 0.15) is 40.5 Å². The minimum Gasteiger partial charge on any atom is -0.442 e. The number of ether oxygens (including phenoxy) is 1. The second kappa shape index (κ2) is 4.08. The quantitative estimate of drug-likeness (QED) is 0.733. The molecule has 0 saturated heterocycles. The van der Waals surface area contributed by atoms with E-state index in [0.29, 0.717) is 6.04 Å². The van der Waals surface area contributed by atoms with E-state index in [2.05, 4.69) is 22.6 Å². The van der Waals surface area contributed by atoms with Crippen LogP contribution in [0.15, 0.2) is 5.10 Å². The van der Waals surface area contributed by atoms with Gasteiger partial charge < -0.3 is 9.64 Å². The Balaban J connectivity index is 2.05. The summed E-state index contributed by atoms with van der Waals surface area (Å²) in [5, 5.41) is 5.53. The first-order valence-corrected chi connectivity index (χ1v) is 6.35. The number of carbonyl (C=O) groups excluding carboxylic acids is 1. The van der Waals surface area contributed by atoms with Crippen LogP contribution in [0.2, 0.25) is 0 Å². The number of amidine groups is 1. The number of hydrogen-bond acceptors (Lipinski definition) is 5. The molecule has 96 valence electrons. The lowest BCUT2D eigenvalue weighted by Gasteiger charge is -2.28. The van der Waals surface area contributed by atoms with E-state index >= 15 is 0 Å². The van der Waals surface area contributed by atoms with Crippen molar-refractivity contribution in [3.05, 3.63) is 0 Å². The molecule has 6 heteroatoms. The van der Waals surface area contributed by atoms with E-state index in [0.717, 1.165) is 18.7 Å². The van der Waals surface area contributed by atoms with Gasteiger partial charge in [-0.05, 0) is 40.5 Å². The van der Waals surface area contributed by atoms with E-state index in [4.69, 9.17) is 4.74 Å². The number of amides is 1. The Labute approximate surface area is 107 Å². The smallest absolute Gasteiger partial charge is 0.433 e. The molecule has 1 saturated carbocycles. The van der Waals surface area contributed by atoms with Gasteiger partial charge >= 0.3 is 6.09 Å². The zero-order chi connectivity index (χ0) is 12.8. The predicted octanol–water partition coefficient (Wildman–Crippen LogP) is 2.25. The fourth-order valence-electron chi connectivity index (χ4n) is 1.79. The fourth-order valence-corrected chi connectivity index (χ4v) is 2.30. The lowest BCUT2D eigenvalue weighted by molar-refractivity contribution is 0.0195. The largest absolute Gasteiger partial charge is 0.442 e. The molecule has 0 bridgehead atoms.